The number of anilines is 1. The second kappa shape index (κ2) is 7.56. The van der Waals surface area contributed by atoms with Crippen molar-refractivity contribution < 1.29 is 4.74 Å². The number of para-hydroxylation sites is 1. The molecule has 0 atom stereocenters. The first kappa shape index (κ1) is 14.4. The number of nitrogens with zero attached hydrogens (tertiary/aromatic N) is 5. The third-order valence-corrected chi connectivity index (χ3v) is 2.90. The van der Waals surface area contributed by atoms with Crippen LogP contribution in [-0.4, -0.2) is 60.6 Å². The standard InChI is InChI=1S/C13H20N6O/c1-18(10-8-14-9-11-20-2)13-15-16-17-19(13)12-6-4-3-5-7-12/h3-7,14H,8-11H2,1-2H3. The molecule has 0 unspecified atom stereocenters. The zero-order valence-corrected chi connectivity index (χ0v) is 11.9. The number of methoxy groups -OCH3 is 1. The van der Waals surface area contributed by atoms with Crippen LogP contribution in [0.1, 0.15) is 0 Å². The molecule has 0 saturated carbocycles. The summed E-state index contributed by atoms with van der Waals surface area (Å²) in [6.45, 7) is 3.22. The van der Waals surface area contributed by atoms with Crippen LogP contribution in [0.5, 0.6) is 0 Å². The molecule has 2 rings (SSSR count). The Hall–Kier alpha value is -1.99. The van der Waals surface area contributed by atoms with E-state index in [1.807, 2.05) is 42.3 Å². The fourth-order valence-corrected chi connectivity index (χ4v) is 1.80. The van der Waals surface area contributed by atoms with E-state index in [4.69, 9.17) is 4.74 Å². The lowest BCUT2D eigenvalue weighted by Crippen LogP contribution is -2.32. The Balaban J connectivity index is 1.94. The van der Waals surface area contributed by atoms with Crippen molar-refractivity contribution in [3.8, 4) is 5.69 Å². The van der Waals surface area contributed by atoms with Gasteiger partial charge in [-0.2, -0.15) is 4.68 Å². The lowest BCUT2D eigenvalue weighted by Gasteiger charge is -2.17. The lowest BCUT2D eigenvalue weighted by molar-refractivity contribution is 0.200. The van der Waals surface area contributed by atoms with Gasteiger partial charge in [-0.25, -0.2) is 0 Å². The Morgan fingerprint density at radius 3 is 2.80 bits per heavy atom. The summed E-state index contributed by atoms with van der Waals surface area (Å²) < 4.78 is 6.72. The summed E-state index contributed by atoms with van der Waals surface area (Å²) in [5.41, 5.74) is 0.951. The molecule has 7 nitrogen and oxygen atoms in total. The Bertz CT molecular complexity index is 501. The fraction of sp³-hybridized carbons (Fsp3) is 0.462. The monoisotopic (exact) mass is 276 g/mol. The molecule has 108 valence electrons. The van der Waals surface area contributed by atoms with E-state index >= 15 is 0 Å². The number of hydrogen-bond donors (Lipinski definition) is 1. The van der Waals surface area contributed by atoms with Crippen LogP contribution in [-0.2, 0) is 4.74 Å². The predicted octanol–water partition coefficient (Wildman–Crippen LogP) is 0.335. The molecule has 0 fully saturated rings. The molecule has 0 amide bonds. The van der Waals surface area contributed by atoms with E-state index in [0.717, 1.165) is 31.3 Å². The summed E-state index contributed by atoms with van der Waals surface area (Å²) in [4.78, 5) is 2.02. The van der Waals surface area contributed by atoms with Gasteiger partial charge in [-0.15, -0.1) is 0 Å². The Labute approximate surface area is 118 Å². The van der Waals surface area contributed by atoms with Crippen LogP contribution in [0.3, 0.4) is 0 Å². The Morgan fingerprint density at radius 1 is 1.25 bits per heavy atom. The van der Waals surface area contributed by atoms with Gasteiger partial charge < -0.3 is 15.0 Å². The average molecular weight is 276 g/mol. The second-order valence-electron chi connectivity index (χ2n) is 4.39. The first-order chi connectivity index (χ1) is 9.83. The molecular formula is C13H20N6O. The van der Waals surface area contributed by atoms with Crippen LogP contribution in [0.15, 0.2) is 30.3 Å². The highest BCUT2D eigenvalue weighted by atomic mass is 16.5. The molecule has 1 aromatic carbocycles. The average Bonchev–Trinajstić information content (AvgIpc) is 2.97. The van der Waals surface area contributed by atoms with Gasteiger partial charge >= 0.3 is 0 Å². The molecule has 0 spiro atoms. The van der Waals surface area contributed by atoms with Gasteiger partial charge in [-0.3, -0.25) is 0 Å². The van der Waals surface area contributed by atoms with Crippen molar-refractivity contribution in [2.75, 3.05) is 45.3 Å². The number of tetrazole rings is 1. The topological polar surface area (TPSA) is 68.1 Å². The minimum Gasteiger partial charge on any atom is -0.383 e. The maximum atomic E-state index is 4.99. The normalized spacial score (nSPS) is 10.7. The fourth-order valence-electron chi connectivity index (χ4n) is 1.80. The second-order valence-corrected chi connectivity index (χ2v) is 4.39. The first-order valence-corrected chi connectivity index (χ1v) is 6.57. The molecule has 20 heavy (non-hydrogen) atoms. The van der Waals surface area contributed by atoms with Crippen LogP contribution in [0.25, 0.3) is 5.69 Å². The number of benzene rings is 1. The van der Waals surface area contributed by atoms with Crippen LogP contribution in [0.2, 0.25) is 0 Å². The number of aromatic nitrogens is 4. The summed E-state index contributed by atoms with van der Waals surface area (Å²) in [5, 5.41) is 15.2. The van der Waals surface area contributed by atoms with E-state index in [1.165, 1.54) is 0 Å². The summed E-state index contributed by atoms with van der Waals surface area (Å²) in [6.07, 6.45) is 0. The Morgan fingerprint density at radius 2 is 2.05 bits per heavy atom. The van der Waals surface area contributed by atoms with E-state index in [2.05, 4.69) is 20.8 Å². The molecule has 2 aromatic rings. The zero-order chi connectivity index (χ0) is 14.2. The van der Waals surface area contributed by atoms with E-state index in [1.54, 1.807) is 11.8 Å². The van der Waals surface area contributed by atoms with Crippen LogP contribution < -0.4 is 10.2 Å². The minimum absolute atomic E-state index is 0.714. The molecular weight excluding hydrogens is 256 g/mol. The zero-order valence-electron chi connectivity index (χ0n) is 11.9. The number of ether oxygens (including phenoxy) is 1. The molecule has 1 N–H and O–H groups in total. The maximum absolute atomic E-state index is 4.99. The lowest BCUT2D eigenvalue weighted by atomic mass is 10.3. The number of hydrogen-bond acceptors (Lipinski definition) is 6. The van der Waals surface area contributed by atoms with Crippen molar-refractivity contribution in [2.24, 2.45) is 0 Å². The highest BCUT2D eigenvalue weighted by Crippen LogP contribution is 2.13. The van der Waals surface area contributed by atoms with Gasteiger partial charge in [0.15, 0.2) is 0 Å². The quantitative estimate of drug-likeness (QED) is 0.701. The molecule has 0 radical (unpaired) electrons. The third-order valence-electron chi connectivity index (χ3n) is 2.90. The van der Waals surface area contributed by atoms with Crippen molar-refractivity contribution in [3.63, 3.8) is 0 Å². The van der Waals surface area contributed by atoms with Gasteiger partial charge in [-0.1, -0.05) is 23.3 Å². The third kappa shape index (κ3) is 3.75. The van der Waals surface area contributed by atoms with E-state index < -0.39 is 0 Å². The molecule has 1 heterocycles. The highest BCUT2D eigenvalue weighted by Gasteiger charge is 2.11. The summed E-state index contributed by atoms with van der Waals surface area (Å²) in [7, 11) is 3.67. The Kier molecular flexibility index (Phi) is 5.45. The van der Waals surface area contributed by atoms with Crippen LogP contribution in [0, 0.1) is 0 Å². The predicted molar refractivity (Wildman–Crippen MR) is 77.2 cm³/mol. The summed E-state index contributed by atoms with van der Waals surface area (Å²) in [6, 6.07) is 9.85. The number of nitrogens with one attached hydrogen (secondary N) is 1. The molecule has 0 bridgehead atoms. The molecule has 7 heteroatoms. The van der Waals surface area contributed by atoms with Crippen LogP contribution >= 0.6 is 0 Å². The van der Waals surface area contributed by atoms with E-state index in [0.29, 0.717) is 6.61 Å². The van der Waals surface area contributed by atoms with Crippen molar-refractivity contribution in [1.29, 1.82) is 0 Å². The summed E-state index contributed by atoms with van der Waals surface area (Å²) in [5.74, 6) is 0.727. The molecule has 0 aliphatic carbocycles. The molecule has 0 aliphatic heterocycles. The van der Waals surface area contributed by atoms with Crippen molar-refractivity contribution >= 4 is 5.95 Å². The molecule has 1 aromatic heterocycles. The smallest absolute Gasteiger partial charge is 0.250 e. The van der Waals surface area contributed by atoms with Gasteiger partial charge in [-0.05, 0) is 22.6 Å². The van der Waals surface area contributed by atoms with Gasteiger partial charge in [0.2, 0.25) is 5.95 Å². The molecule has 0 saturated heterocycles. The van der Waals surface area contributed by atoms with Gasteiger partial charge in [0.25, 0.3) is 0 Å². The van der Waals surface area contributed by atoms with Gasteiger partial charge in [0.05, 0.1) is 12.3 Å². The maximum Gasteiger partial charge on any atom is 0.250 e. The van der Waals surface area contributed by atoms with Crippen molar-refractivity contribution in [1.82, 2.24) is 25.5 Å². The summed E-state index contributed by atoms with van der Waals surface area (Å²) >= 11 is 0. The number of rotatable bonds is 8. The largest absolute Gasteiger partial charge is 0.383 e. The van der Waals surface area contributed by atoms with Crippen LogP contribution in [0.4, 0.5) is 5.95 Å². The van der Waals surface area contributed by atoms with E-state index in [-0.39, 0.29) is 0 Å². The van der Waals surface area contributed by atoms with E-state index in [9.17, 15) is 0 Å². The van der Waals surface area contributed by atoms with Crippen molar-refractivity contribution in [2.45, 2.75) is 0 Å². The van der Waals surface area contributed by atoms with Gasteiger partial charge in [0, 0.05) is 33.8 Å². The molecule has 0 aliphatic rings. The SMILES string of the molecule is COCCNCCN(C)c1nnnn1-c1ccccc1. The highest BCUT2D eigenvalue weighted by molar-refractivity contribution is 5.39. The minimum atomic E-state index is 0.714. The van der Waals surface area contributed by atoms with Crippen molar-refractivity contribution in [3.05, 3.63) is 30.3 Å². The first-order valence-electron chi connectivity index (χ1n) is 6.57. The number of likely N-dealkylation sites (N-methyl/N-ethyl adjacent to an activating group) is 1. The van der Waals surface area contributed by atoms with Gasteiger partial charge in [0.1, 0.15) is 0 Å².